The minimum atomic E-state index is -0.197. The first kappa shape index (κ1) is 20.8. The van der Waals surface area contributed by atoms with Crippen LogP contribution < -0.4 is 5.32 Å². The fraction of sp³-hybridized carbons (Fsp3) is 0.333. The number of nitrogens with zero attached hydrogens (tertiary/aromatic N) is 3. The number of amides is 2. The van der Waals surface area contributed by atoms with E-state index in [-0.39, 0.29) is 24.3 Å². The van der Waals surface area contributed by atoms with E-state index in [1.165, 1.54) is 0 Å². The van der Waals surface area contributed by atoms with E-state index in [9.17, 15) is 9.59 Å². The highest BCUT2D eigenvalue weighted by Gasteiger charge is 2.34. The molecule has 7 nitrogen and oxygen atoms in total. The predicted octanol–water partition coefficient (Wildman–Crippen LogP) is 3.60. The minimum absolute atomic E-state index is 0.0159. The Balaban J connectivity index is 1.33. The summed E-state index contributed by atoms with van der Waals surface area (Å²) < 4.78 is 5.36. The molecule has 1 unspecified atom stereocenters. The van der Waals surface area contributed by atoms with Gasteiger partial charge in [-0.15, -0.1) is 0 Å². The fourth-order valence-electron chi connectivity index (χ4n) is 3.83. The van der Waals surface area contributed by atoms with Gasteiger partial charge in [0.15, 0.2) is 5.82 Å². The quantitative estimate of drug-likeness (QED) is 0.633. The molecule has 0 radical (unpaired) electrons. The van der Waals surface area contributed by atoms with Crippen molar-refractivity contribution in [1.29, 1.82) is 0 Å². The van der Waals surface area contributed by atoms with Gasteiger partial charge in [0.05, 0.1) is 6.04 Å². The first-order chi connectivity index (χ1) is 15.1. The average molecular weight is 418 g/mol. The third kappa shape index (κ3) is 5.17. The normalized spacial score (nSPS) is 15.8. The second-order valence-corrected chi connectivity index (χ2v) is 7.83. The molecule has 1 saturated heterocycles. The van der Waals surface area contributed by atoms with Gasteiger partial charge in [0.1, 0.15) is 0 Å². The number of carbonyl (C=O) groups is 2. The van der Waals surface area contributed by atoms with E-state index in [4.69, 9.17) is 4.52 Å². The van der Waals surface area contributed by atoms with Crippen molar-refractivity contribution >= 4 is 11.8 Å². The Morgan fingerprint density at radius 1 is 1.16 bits per heavy atom. The number of carbonyl (C=O) groups excluding carboxylic acids is 2. The molecule has 0 bridgehead atoms. The molecule has 2 amide bonds. The van der Waals surface area contributed by atoms with Crippen molar-refractivity contribution in [3.63, 3.8) is 0 Å². The number of nitrogens with one attached hydrogen (secondary N) is 1. The Labute approximate surface area is 181 Å². The summed E-state index contributed by atoms with van der Waals surface area (Å²) in [7, 11) is 0. The molecule has 0 aliphatic carbocycles. The molecule has 7 heteroatoms. The molecular formula is C24H26N4O3. The second-order valence-electron chi connectivity index (χ2n) is 7.83. The van der Waals surface area contributed by atoms with E-state index < -0.39 is 0 Å². The maximum absolute atomic E-state index is 13.0. The number of benzene rings is 2. The van der Waals surface area contributed by atoms with Crippen LogP contribution in [0.3, 0.4) is 0 Å². The number of hydrogen-bond acceptors (Lipinski definition) is 5. The van der Waals surface area contributed by atoms with E-state index in [1.807, 2.05) is 66.4 Å². The van der Waals surface area contributed by atoms with Gasteiger partial charge in [-0.25, -0.2) is 0 Å². The number of aromatic nitrogens is 2. The van der Waals surface area contributed by atoms with E-state index >= 15 is 0 Å². The molecule has 1 atom stereocenters. The van der Waals surface area contributed by atoms with Crippen molar-refractivity contribution in [3.05, 3.63) is 83.0 Å². The Hall–Kier alpha value is -3.48. The summed E-state index contributed by atoms with van der Waals surface area (Å²) in [4.78, 5) is 31.4. The first-order valence-electron chi connectivity index (χ1n) is 10.6. The molecule has 0 saturated carbocycles. The zero-order valence-corrected chi connectivity index (χ0v) is 17.6. The summed E-state index contributed by atoms with van der Waals surface area (Å²) in [5, 5.41) is 7.00. The number of aryl methyl sites for hydroxylation is 2. The van der Waals surface area contributed by atoms with Gasteiger partial charge in [0.2, 0.25) is 11.8 Å². The Bertz CT molecular complexity index is 1050. The molecule has 1 N–H and O–H groups in total. The standard InChI is InChI=1S/C24H26N4O3/c1-17-7-5-10-19(15-17)24(30)28-14-6-11-20(28)23-26-22(31-27-23)13-12-21(29)25-16-18-8-3-2-4-9-18/h2-5,7-10,15,20H,6,11-14,16H2,1H3,(H,25,29). The minimum Gasteiger partial charge on any atom is -0.352 e. The summed E-state index contributed by atoms with van der Waals surface area (Å²) in [5.41, 5.74) is 2.77. The van der Waals surface area contributed by atoms with Crippen LogP contribution in [0.1, 0.15) is 58.5 Å². The van der Waals surface area contributed by atoms with Crippen LogP contribution in [0, 0.1) is 6.92 Å². The van der Waals surface area contributed by atoms with Gasteiger partial charge in [-0.2, -0.15) is 4.98 Å². The topological polar surface area (TPSA) is 88.3 Å². The fourth-order valence-corrected chi connectivity index (χ4v) is 3.83. The van der Waals surface area contributed by atoms with E-state index in [2.05, 4.69) is 15.5 Å². The Kier molecular flexibility index (Phi) is 6.40. The number of likely N-dealkylation sites (tertiary alicyclic amines) is 1. The average Bonchev–Trinajstić information content (AvgIpc) is 3.46. The van der Waals surface area contributed by atoms with Crippen LogP contribution in [-0.4, -0.2) is 33.4 Å². The molecule has 1 aromatic heterocycles. The highest BCUT2D eigenvalue weighted by Crippen LogP contribution is 2.31. The highest BCUT2D eigenvalue weighted by molar-refractivity contribution is 5.94. The van der Waals surface area contributed by atoms with Crippen molar-refractivity contribution in [2.45, 2.75) is 45.2 Å². The molecule has 3 aromatic rings. The second kappa shape index (κ2) is 9.55. The van der Waals surface area contributed by atoms with Crippen LogP contribution in [0.2, 0.25) is 0 Å². The third-order valence-electron chi connectivity index (χ3n) is 5.46. The zero-order valence-electron chi connectivity index (χ0n) is 17.6. The molecule has 31 heavy (non-hydrogen) atoms. The van der Waals surface area contributed by atoms with Gasteiger partial charge in [-0.1, -0.05) is 53.2 Å². The first-order valence-corrected chi connectivity index (χ1v) is 10.6. The number of rotatable bonds is 7. The molecule has 1 fully saturated rings. The molecule has 1 aliphatic rings. The van der Waals surface area contributed by atoms with Gasteiger partial charge >= 0.3 is 0 Å². The van der Waals surface area contributed by atoms with Gasteiger partial charge in [0, 0.05) is 31.5 Å². The largest absolute Gasteiger partial charge is 0.352 e. The van der Waals surface area contributed by atoms with Crippen molar-refractivity contribution in [1.82, 2.24) is 20.4 Å². The van der Waals surface area contributed by atoms with Gasteiger partial charge in [0.25, 0.3) is 5.91 Å². The Morgan fingerprint density at radius 3 is 2.81 bits per heavy atom. The van der Waals surface area contributed by atoms with Crippen LogP contribution in [-0.2, 0) is 17.8 Å². The van der Waals surface area contributed by atoms with E-state index in [1.54, 1.807) is 0 Å². The highest BCUT2D eigenvalue weighted by atomic mass is 16.5. The molecule has 2 aromatic carbocycles. The van der Waals surface area contributed by atoms with Gasteiger partial charge < -0.3 is 14.7 Å². The monoisotopic (exact) mass is 418 g/mol. The predicted molar refractivity (Wildman–Crippen MR) is 115 cm³/mol. The summed E-state index contributed by atoms with van der Waals surface area (Å²) >= 11 is 0. The molecular weight excluding hydrogens is 392 g/mol. The van der Waals surface area contributed by atoms with Crippen LogP contribution in [0.5, 0.6) is 0 Å². The van der Waals surface area contributed by atoms with E-state index in [0.29, 0.717) is 36.8 Å². The van der Waals surface area contributed by atoms with Crippen molar-refractivity contribution in [3.8, 4) is 0 Å². The van der Waals surface area contributed by atoms with E-state index in [0.717, 1.165) is 24.0 Å². The maximum Gasteiger partial charge on any atom is 0.254 e. The maximum atomic E-state index is 13.0. The number of hydrogen-bond donors (Lipinski definition) is 1. The van der Waals surface area contributed by atoms with Crippen LogP contribution in [0.25, 0.3) is 0 Å². The summed E-state index contributed by atoms with van der Waals surface area (Å²) in [6, 6.07) is 17.2. The zero-order chi connectivity index (χ0) is 21.6. The summed E-state index contributed by atoms with van der Waals surface area (Å²) in [5.74, 6) is 0.844. The van der Waals surface area contributed by atoms with Crippen molar-refractivity contribution in [2.75, 3.05) is 6.54 Å². The summed E-state index contributed by atoms with van der Waals surface area (Å²) in [6.45, 7) is 3.13. The Morgan fingerprint density at radius 2 is 2.00 bits per heavy atom. The van der Waals surface area contributed by atoms with Crippen molar-refractivity contribution < 1.29 is 14.1 Å². The van der Waals surface area contributed by atoms with Crippen molar-refractivity contribution in [2.24, 2.45) is 0 Å². The lowest BCUT2D eigenvalue weighted by Crippen LogP contribution is -2.31. The lowest BCUT2D eigenvalue weighted by Gasteiger charge is -2.22. The lowest BCUT2D eigenvalue weighted by molar-refractivity contribution is -0.121. The third-order valence-corrected chi connectivity index (χ3v) is 5.46. The molecule has 0 spiro atoms. The molecule has 160 valence electrons. The SMILES string of the molecule is Cc1cccc(C(=O)N2CCCC2c2noc(CCC(=O)NCc3ccccc3)n2)c1. The van der Waals surface area contributed by atoms with Gasteiger partial charge in [-0.05, 0) is 37.5 Å². The lowest BCUT2D eigenvalue weighted by atomic mass is 10.1. The molecule has 1 aliphatic heterocycles. The van der Waals surface area contributed by atoms with Crippen LogP contribution >= 0.6 is 0 Å². The van der Waals surface area contributed by atoms with Crippen LogP contribution in [0.15, 0.2) is 59.1 Å². The molecule has 2 heterocycles. The molecule has 4 rings (SSSR count). The smallest absolute Gasteiger partial charge is 0.254 e. The summed E-state index contributed by atoms with van der Waals surface area (Å²) in [6.07, 6.45) is 2.33. The van der Waals surface area contributed by atoms with Gasteiger partial charge in [-0.3, -0.25) is 9.59 Å². The van der Waals surface area contributed by atoms with Crippen LogP contribution in [0.4, 0.5) is 0 Å².